The highest BCUT2D eigenvalue weighted by molar-refractivity contribution is 7.99. The first kappa shape index (κ1) is 17.3. The van der Waals surface area contributed by atoms with E-state index in [2.05, 4.69) is 9.12 Å². The highest BCUT2D eigenvalue weighted by Crippen LogP contribution is 2.28. The Morgan fingerprint density at radius 3 is 2.58 bits per heavy atom. The lowest BCUT2D eigenvalue weighted by Gasteiger charge is -2.08. The number of nitrogens with zero attached hydrogens (tertiary/aromatic N) is 3. The molecule has 0 amide bonds. The van der Waals surface area contributed by atoms with Crippen molar-refractivity contribution in [3.05, 3.63) is 48.5 Å². The third kappa shape index (κ3) is 3.40. The lowest BCUT2D eigenvalue weighted by Crippen LogP contribution is -2.23. The molecular formula is C18H18N4O2S2. The molecule has 0 aliphatic carbocycles. The fourth-order valence-electron chi connectivity index (χ4n) is 2.90. The maximum Gasteiger partial charge on any atom is 0.208 e. The maximum absolute atomic E-state index is 11.2. The number of nitrogens with one attached hydrogen (secondary N) is 1. The number of para-hydroxylation sites is 3. The van der Waals surface area contributed by atoms with Crippen LogP contribution in [-0.2, 0) is 10.0 Å². The van der Waals surface area contributed by atoms with Gasteiger partial charge in [0.05, 0.1) is 22.8 Å². The minimum atomic E-state index is -3.14. The average Bonchev–Trinajstić information content (AvgIpc) is 3.00. The molecule has 0 atom stereocenters. The highest BCUT2D eigenvalue weighted by Gasteiger charge is 2.13. The molecule has 0 radical (unpaired) electrons. The average molecular weight is 387 g/mol. The first-order valence-electron chi connectivity index (χ1n) is 8.26. The third-order valence-electron chi connectivity index (χ3n) is 4.03. The molecular weight excluding hydrogens is 368 g/mol. The summed E-state index contributed by atoms with van der Waals surface area (Å²) in [5.74, 6) is 0.759. The molecule has 2 aromatic carbocycles. The van der Waals surface area contributed by atoms with Gasteiger partial charge in [0.2, 0.25) is 10.0 Å². The van der Waals surface area contributed by atoms with Crippen LogP contribution in [0.1, 0.15) is 6.42 Å². The molecule has 4 aromatic rings. The Labute approximate surface area is 155 Å². The van der Waals surface area contributed by atoms with Crippen LogP contribution >= 0.6 is 11.8 Å². The van der Waals surface area contributed by atoms with Crippen molar-refractivity contribution in [3.8, 4) is 0 Å². The van der Waals surface area contributed by atoms with Crippen LogP contribution < -0.4 is 4.72 Å². The number of thioether (sulfide) groups is 1. The van der Waals surface area contributed by atoms with Crippen molar-refractivity contribution in [2.75, 3.05) is 18.6 Å². The lowest BCUT2D eigenvalue weighted by molar-refractivity contribution is 0.587. The molecule has 26 heavy (non-hydrogen) atoms. The number of imidazole rings is 1. The predicted molar refractivity (Wildman–Crippen MR) is 106 cm³/mol. The van der Waals surface area contributed by atoms with Gasteiger partial charge >= 0.3 is 0 Å². The van der Waals surface area contributed by atoms with Crippen LogP contribution in [0.15, 0.2) is 53.7 Å². The first-order chi connectivity index (χ1) is 12.5. The topological polar surface area (TPSA) is 76.4 Å². The van der Waals surface area contributed by atoms with E-state index in [1.54, 1.807) is 11.8 Å². The SMILES string of the molecule is CS(=O)(=O)NCCCSc1nc2ccccc2c2nc3ccccc3n12. The van der Waals surface area contributed by atoms with Crippen molar-refractivity contribution in [1.82, 2.24) is 19.1 Å². The molecule has 4 rings (SSSR count). The van der Waals surface area contributed by atoms with Gasteiger partial charge in [0.25, 0.3) is 0 Å². The van der Waals surface area contributed by atoms with Crippen molar-refractivity contribution in [1.29, 1.82) is 0 Å². The molecule has 0 fully saturated rings. The van der Waals surface area contributed by atoms with Gasteiger partial charge in [-0.3, -0.25) is 4.40 Å². The molecule has 1 N–H and O–H groups in total. The van der Waals surface area contributed by atoms with E-state index in [0.29, 0.717) is 6.54 Å². The normalized spacial score (nSPS) is 12.3. The van der Waals surface area contributed by atoms with E-state index < -0.39 is 10.0 Å². The van der Waals surface area contributed by atoms with Crippen LogP contribution in [-0.4, -0.2) is 41.3 Å². The van der Waals surface area contributed by atoms with E-state index in [0.717, 1.165) is 44.9 Å². The van der Waals surface area contributed by atoms with Crippen molar-refractivity contribution in [3.63, 3.8) is 0 Å². The molecule has 0 spiro atoms. The highest BCUT2D eigenvalue weighted by atomic mass is 32.2. The molecule has 2 heterocycles. The summed E-state index contributed by atoms with van der Waals surface area (Å²) >= 11 is 1.61. The number of fused-ring (bicyclic) bond motifs is 5. The fourth-order valence-corrected chi connectivity index (χ4v) is 4.37. The van der Waals surface area contributed by atoms with E-state index in [-0.39, 0.29) is 0 Å². The van der Waals surface area contributed by atoms with Crippen LogP contribution in [0.3, 0.4) is 0 Å². The summed E-state index contributed by atoms with van der Waals surface area (Å²) in [5, 5.41) is 1.89. The second-order valence-electron chi connectivity index (χ2n) is 6.04. The number of aromatic nitrogens is 3. The summed E-state index contributed by atoms with van der Waals surface area (Å²) in [6, 6.07) is 16.0. The first-order valence-corrected chi connectivity index (χ1v) is 11.1. The Balaban J connectivity index is 1.72. The monoisotopic (exact) mass is 386 g/mol. The van der Waals surface area contributed by atoms with Crippen molar-refractivity contribution >= 4 is 49.4 Å². The smallest absolute Gasteiger partial charge is 0.208 e. The zero-order valence-corrected chi connectivity index (χ0v) is 15.8. The number of rotatable bonds is 6. The second kappa shape index (κ2) is 6.86. The summed E-state index contributed by atoms with van der Waals surface area (Å²) in [5.41, 5.74) is 3.77. The molecule has 6 nitrogen and oxygen atoms in total. The Morgan fingerprint density at radius 1 is 1.04 bits per heavy atom. The summed E-state index contributed by atoms with van der Waals surface area (Å²) in [6.45, 7) is 0.424. The Morgan fingerprint density at radius 2 is 1.77 bits per heavy atom. The quantitative estimate of drug-likeness (QED) is 0.313. The Kier molecular flexibility index (Phi) is 4.56. The van der Waals surface area contributed by atoms with Gasteiger partial charge in [-0.25, -0.2) is 23.1 Å². The molecule has 0 aliphatic rings. The summed E-state index contributed by atoms with van der Waals surface area (Å²) in [7, 11) is -3.14. The van der Waals surface area contributed by atoms with E-state index in [1.165, 1.54) is 6.26 Å². The van der Waals surface area contributed by atoms with Gasteiger partial charge < -0.3 is 0 Å². The number of benzene rings is 2. The van der Waals surface area contributed by atoms with Crippen LogP contribution in [0.4, 0.5) is 0 Å². The zero-order valence-electron chi connectivity index (χ0n) is 14.2. The molecule has 0 saturated carbocycles. The van der Waals surface area contributed by atoms with E-state index in [9.17, 15) is 8.42 Å². The number of hydrogen-bond acceptors (Lipinski definition) is 5. The second-order valence-corrected chi connectivity index (χ2v) is 8.93. The van der Waals surface area contributed by atoms with Crippen molar-refractivity contribution in [2.45, 2.75) is 11.6 Å². The molecule has 0 saturated heterocycles. The lowest BCUT2D eigenvalue weighted by atomic mass is 10.2. The number of sulfonamides is 1. The molecule has 0 aliphatic heterocycles. The van der Waals surface area contributed by atoms with Crippen LogP contribution in [0.25, 0.3) is 27.6 Å². The van der Waals surface area contributed by atoms with E-state index in [1.807, 2.05) is 48.5 Å². The maximum atomic E-state index is 11.2. The molecule has 0 unspecified atom stereocenters. The van der Waals surface area contributed by atoms with Crippen LogP contribution in [0.5, 0.6) is 0 Å². The molecule has 2 aromatic heterocycles. The van der Waals surface area contributed by atoms with Crippen LogP contribution in [0, 0.1) is 0 Å². The Bertz CT molecular complexity index is 1200. The van der Waals surface area contributed by atoms with Gasteiger partial charge in [0, 0.05) is 17.7 Å². The minimum Gasteiger partial charge on any atom is -0.271 e. The van der Waals surface area contributed by atoms with Gasteiger partial charge in [0.15, 0.2) is 5.16 Å². The molecule has 0 bridgehead atoms. The van der Waals surface area contributed by atoms with E-state index >= 15 is 0 Å². The van der Waals surface area contributed by atoms with Crippen molar-refractivity contribution < 1.29 is 8.42 Å². The third-order valence-corrected chi connectivity index (χ3v) is 5.78. The number of hydrogen-bond donors (Lipinski definition) is 1. The van der Waals surface area contributed by atoms with Crippen molar-refractivity contribution in [2.24, 2.45) is 0 Å². The summed E-state index contributed by atoms with van der Waals surface area (Å²) < 4.78 is 26.9. The van der Waals surface area contributed by atoms with Crippen LogP contribution in [0.2, 0.25) is 0 Å². The molecule has 134 valence electrons. The Hall–Kier alpha value is -2.16. The standard InChI is InChI=1S/C18H18N4O2S2/c1-26(23,24)19-11-6-12-25-18-21-14-8-3-2-7-13(14)17-20-15-9-4-5-10-16(15)22(17)18/h2-5,7-10,19H,6,11-12H2,1H3. The predicted octanol–water partition coefficient (Wildman–Crippen LogP) is 3.07. The largest absolute Gasteiger partial charge is 0.271 e. The zero-order chi connectivity index (χ0) is 18.1. The minimum absolute atomic E-state index is 0.424. The van der Waals surface area contributed by atoms with Gasteiger partial charge in [-0.1, -0.05) is 36.0 Å². The van der Waals surface area contributed by atoms with Gasteiger partial charge in [-0.05, 0) is 30.7 Å². The van der Waals surface area contributed by atoms with Gasteiger partial charge in [0.1, 0.15) is 5.65 Å². The van der Waals surface area contributed by atoms with Gasteiger partial charge in [-0.15, -0.1) is 0 Å². The van der Waals surface area contributed by atoms with E-state index in [4.69, 9.17) is 9.97 Å². The molecule has 8 heteroatoms. The fraction of sp³-hybridized carbons (Fsp3) is 0.222. The summed E-state index contributed by atoms with van der Waals surface area (Å²) in [4.78, 5) is 9.62. The summed E-state index contributed by atoms with van der Waals surface area (Å²) in [6.07, 6.45) is 1.90. The van der Waals surface area contributed by atoms with Gasteiger partial charge in [-0.2, -0.15) is 0 Å².